The predicted molar refractivity (Wildman–Crippen MR) is 128 cm³/mol. The summed E-state index contributed by atoms with van der Waals surface area (Å²) in [4.78, 5) is 43.8. The second kappa shape index (κ2) is 9.54. The van der Waals surface area contributed by atoms with Gasteiger partial charge in [0.2, 0.25) is 17.7 Å². The van der Waals surface area contributed by atoms with E-state index >= 15 is 0 Å². The molecule has 186 valence electrons. The van der Waals surface area contributed by atoms with Crippen LogP contribution in [0.25, 0.3) is 0 Å². The van der Waals surface area contributed by atoms with Crippen LogP contribution in [-0.2, 0) is 19.1 Å². The minimum absolute atomic E-state index is 0.241. The maximum absolute atomic E-state index is 13.7. The van der Waals surface area contributed by atoms with Crippen LogP contribution >= 0.6 is 0 Å². The summed E-state index contributed by atoms with van der Waals surface area (Å²) in [5, 5.41) is 15.7. The van der Waals surface area contributed by atoms with Crippen LogP contribution in [0.15, 0.2) is 24.3 Å². The molecule has 3 aliphatic heterocycles. The van der Waals surface area contributed by atoms with Crippen molar-refractivity contribution in [2.45, 2.75) is 63.8 Å². The van der Waals surface area contributed by atoms with Crippen LogP contribution < -0.4 is 15.5 Å². The molecule has 6 atom stereocenters. The Morgan fingerprint density at radius 2 is 1.88 bits per heavy atom. The van der Waals surface area contributed by atoms with Gasteiger partial charge in [0.05, 0.1) is 30.6 Å². The Morgan fingerprint density at radius 3 is 2.44 bits per heavy atom. The monoisotopic (exact) mass is 472 g/mol. The number of carbonyl (C=O) groups excluding carboxylic acids is 3. The van der Waals surface area contributed by atoms with Crippen LogP contribution in [0.5, 0.6) is 0 Å². The van der Waals surface area contributed by atoms with Gasteiger partial charge in [0.15, 0.2) is 0 Å². The van der Waals surface area contributed by atoms with E-state index in [9.17, 15) is 19.5 Å². The predicted octanol–water partition coefficient (Wildman–Crippen LogP) is 1.36. The molecule has 2 unspecified atom stereocenters. The number of hydrogen-bond acceptors (Lipinski definition) is 6. The highest BCUT2D eigenvalue weighted by atomic mass is 16.5. The summed E-state index contributed by atoms with van der Waals surface area (Å²) >= 11 is 0. The molecule has 2 bridgehead atoms. The molecule has 9 nitrogen and oxygen atoms in total. The molecule has 1 aromatic rings. The smallest absolute Gasteiger partial charge is 0.250 e. The van der Waals surface area contributed by atoms with Crippen LogP contribution in [0.2, 0.25) is 0 Å². The summed E-state index contributed by atoms with van der Waals surface area (Å²) in [5.74, 6) is -2.23. The molecule has 3 fully saturated rings. The zero-order valence-corrected chi connectivity index (χ0v) is 20.4. The quantitative estimate of drug-likeness (QED) is 0.501. The standard InChI is InChI=1S/C25H36N4O5/c1-5-16(14-30)29-21(23(32)27-15-8-10-17(11-9-15)28(6-2)7-3)25-13-12-18(34-25)19(22(31)26-4)20(25)24(29)33/h8-11,16,18-21,30H,5-7,12-14H2,1-4H3,(H,26,31)(H,27,32)/t16-,18-,19+,20-,21?,25?/m0/s1. The summed E-state index contributed by atoms with van der Waals surface area (Å²) in [7, 11) is 1.55. The first-order valence-corrected chi connectivity index (χ1v) is 12.3. The van der Waals surface area contributed by atoms with Gasteiger partial charge in [-0.1, -0.05) is 6.92 Å². The highest BCUT2D eigenvalue weighted by Gasteiger charge is 2.74. The second-order valence-electron chi connectivity index (χ2n) is 9.37. The van der Waals surface area contributed by atoms with E-state index in [0.29, 0.717) is 24.9 Å². The Hall–Kier alpha value is -2.65. The number of carbonyl (C=O) groups is 3. The molecule has 3 N–H and O–H groups in total. The van der Waals surface area contributed by atoms with Crippen molar-refractivity contribution in [2.24, 2.45) is 11.8 Å². The highest BCUT2D eigenvalue weighted by molar-refractivity contribution is 6.03. The fourth-order valence-corrected chi connectivity index (χ4v) is 6.22. The molecule has 3 amide bonds. The first-order chi connectivity index (χ1) is 16.4. The van der Waals surface area contributed by atoms with Crippen molar-refractivity contribution in [1.29, 1.82) is 0 Å². The number of anilines is 2. The number of benzene rings is 1. The lowest BCUT2D eigenvalue weighted by Crippen LogP contribution is -2.56. The number of nitrogens with one attached hydrogen (secondary N) is 2. The topological polar surface area (TPSA) is 111 Å². The number of aliphatic hydroxyl groups is 1. The van der Waals surface area contributed by atoms with Gasteiger partial charge in [-0.2, -0.15) is 0 Å². The number of aliphatic hydroxyl groups excluding tert-OH is 1. The van der Waals surface area contributed by atoms with Crippen molar-refractivity contribution in [3.8, 4) is 0 Å². The molecule has 0 saturated carbocycles. The van der Waals surface area contributed by atoms with E-state index in [-0.39, 0.29) is 30.4 Å². The van der Waals surface area contributed by atoms with E-state index < -0.39 is 29.5 Å². The average molecular weight is 473 g/mol. The molecule has 3 heterocycles. The highest BCUT2D eigenvalue weighted by Crippen LogP contribution is 2.58. The van der Waals surface area contributed by atoms with Gasteiger partial charge in [-0.3, -0.25) is 14.4 Å². The Bertz CT molecular complexity index is 930. The number of nitrogens with zero attached hydrogens (tertiary/aromatic N) is 2. The summed E-state index contributed by atoms with van der Waals surface area (Å²) in [6.45, 7) is 7.56. The van der Waals surface area contributed by atoms with Gasteiger partial charge in [-0.15, -0.1) is 0 Å². The Balaban J connectivity index is 1.66. The minimum Gasteiger partial charge on any atom is -0.394 e. The number of rotatable bonds is 9. The Labute approximate surface area is 200 Å². The van der Waals surface area contributed by atoms with E-state index in [4.69, 9.17) is 4.74 Å². The fourth-order valence-electron chi connectivity index (χ4n) is 6.22. The normalized spacial score (nSPS) is 30.3. The third-order valence-electron chi connectivity index (χ3n) is 7.87. The largest absolute Gasteiger partial charge is 0.394 e. The van der Waals surface area contributed by atoms with Crippen LogP contribution in [0.4, 0.5) is 11.4 Å². The second-order valence-corrected chi connectivity index (χ2v) is 9.37. The Kier molecular flexibility index (Phi) is 6.87. The van der Waals surface area contributed by atoms with Gasteiger partial charge in [-0.05, 0) is 57.4 Å². The van der Waals surface area contributed by atoms with Crippen molar-refractivity contribution >= 4 is 29.1 Å². The van der Waals surface area contributed by atoms with Crippen LogP contribution in [0.3, 0.4) is 0 Å². The third kappa shape index (κ3) is 3.65. The zero-order valence-electron chi connectivity index (χ0n) is 20.4. The lowest BCUT2D eigenvalue weighted by atomic mass is 9.70. The molecular formula is C25H36N4O5. The molecule has 1 spiro atoms. The van der Waals surface area contributed by atoms with Gasteiger partial charge in [-0.25, -0.2) is 0 Å². The van der Waals surface area contributed by atoms with E-state index in [1.807, 2.05) is 31.2 Å². The van der Waals surface area contributed by atoms with E-state index in [1.54, 1.807) is 7.05 Å². The van der Waals surface area contributed by atoms with E-state index in [1.165, 1.54) is 4.90 Å². The van der Waals surface area contributed by atoms with Gasteiger partial charge < -0.3 is 30.3 Å². The number of hydrogen-bond donors (Lipinski definition) is 3. The summed E-state index contributed by atoms with van der Waals surface area (Å²) < 4.78 is 6.34. The molecule has 0 aromatic heterocycles. The molecule has 0 radical (unpaired) electrons. The van der Waals surface area contributed by atoms with E-state index in [0.717, 1.165) is 18.8 Å². The van der Waals surface area contributed by atoms with Gasteiger partial charge in [0.25, 0.3) is 0 Å². The van der Waals surface area contributed by atoms with Crippen LogP contribution in [-0.4, -0.2) is 78.3 Å². The molecule has 3 aliphatic rings. The summed E-state index contributed by atoms with van der Waals surface area (Å²) in [5.41, 5.74) is 0.629. The minimum atomic E-state index is -1.06. The van der Waals surface area contributed by atoms with Gasteiger partial charge in [0.1, 0.15) is 11.6 Å². The number of amides is 3. The first-order valence-electron chi connectivity index (χ1n) is 12.3. The SMILES string of the molecule is CC[C@@H](CO)N1C(=O)[C@@H]2[C@H](C(=O)NC)[C@@H]3CCC2(O3)C1C(=O)Nc1ccc(N(CC)CC)cc1. The maximum Gasteiger partial charge on any atom is 0.250 e. The lowest BCUT2D eigenvalue weighted by molar-refractivity contribution is -0.144. The van der Waals surface area contributed by atoms with Gasteiger partial charge >= 0.3 is 0 Å². The zero-order chi connectivity index (χ0) is 24.6. The molecule has 0 aliphatic carbocycles. The molecule has 3 saturated heterocycles. The van der Waals surface area contributed by atoms with Crippen LogP contribution in [0.1, 0.15) is 40.0 Å². The number of fused-ring (bicyclic) bond motifs is 1. The number of likely N-dealkylation sites (tertiary alicyclic amines) is 1. The Morgan fingerprint density at radius 1 is 1.21 bits per heavy atom. The third-order valence-corrected chi connectivity index (χ3v) is 7.87. The lowest BCUT2D eigenvalue weighted by Gasteiger charge is -2.36. The molecule has 4 rings (SSSR count). The number of ether oxygens (including phenoxy) is 1. The van der Waals surface area contributed by atoms with Crippen molar-refractivity contribution in [3.05, 3.63) is 24.3 Å². The van der Waals surface area contributed by atoms with Crippen molar-refractivity contribution < 1.29 is 24.2 Å². The average Bonchev–Trinajstić information content (AvgIpc) is 3.49. The molecule has 34 heavy (non-hydrogen) atoms. The van der Waals surface area contributed by atoms with Gasteiger partial charge in [0, 0.05) is 31.5 Å². The maximum atomic E-state index is 13.7. The molecule has 1 aromatic carbocycles. The first kappa shape index (κ1) is 24.5. The van der Waals surface area contributed by atoms with Crippen molar-refractivity contribution in [3.63, 3.8) is 0 Å². The van der Waals surface area contributed by atoms with Crippen LogP contribution in [0, 0.1) is 11.8 Å². The van der Waals surface area contributed by atoms with E-state index in [2.05, 4.69) is 29.4 Å². The fraction of sp³-hybridized carbons (Fsp3) is 0.640. The summed E-state index contributed by atoms with van der Waals surface area (Å²) in [6, 6.07) is 6.19. The molecular weight excluding hydrogens is 436 g/mol. The van der Waals surface area contributed by atoms with Crippen molar-refractivity contribution in [1.82, 2.24) is 10.2 Å². The molecule has 9 heteroatoms. The van der Waals surface area contributed by atoms with Crippen molar-refractivity contribution in [2.75, 3.05) is 37.0 Å². The summed E-state index contributed by atoms with van der Waals surface area (Å²) in [6.07, 6.45) is 1.25.